The van der Waals surface area contributed by atoms with Crippen LogP contribution < -0.4 is 4.90 Å². The van der Waals surface area contributed by atoms with E-state index in [1.165, 1.54) is 33.6 Å². The normalized spacial score (nSPS) is 15.3. The third-order valence-corrected chi connectivity index (χ3v) is 12.6. The van der Waals surface area contributed by atoms with Gasteiger partial charge in [-0.15, -0.1) is 0 Å². The van der Waals surface area contributed by atoms with Crippen molar-refractivity contribution in [2.45, 2.75) is 77.0 Å². The molecule has 1 heterocycles. The van der Waals surface area contributed by atoms with Crippen LogP contribution in [0.2, 0.25) is 0 Å². The first kappa shape index (κ1) is 36.6. The van der Waals surface area contributed by atoms with Crippen molar-refractivity contribution < 1.29 is 4.79 Å². The average Bonchev–Trinajstić information content (AvgIpc) is 3.21. The number of nitrogens with zero attached hydrogens (tertiary/aromatic N) is 1. The number of carbonyl (C=O) groups excluding carboxylic acids is 1. The topological polar surface area (TPSA) is 20.3 Å². The van der Waals surface area contributed by atoms with Crippen molar-refractivity contribution in [3.63, 3.8) is 0 Å². The average molecular weight is 742 g/mol. The molecular formula is C55H51NO. The fraction of sp³-hybridized carbons (Fsp3) is 0.218. The Balaban J connectivity index is 1.26. The van der Waals surface area contributed by atoms with Crippen LogP contribution in [-0.4, -0.2) is 5.78 Å². The first-order valence-electron chi connectivity index (χ1n) is 20.3. The lowest BCUT2D eigenvalue weighted by Gasteiger charge is -2.43. The van der Waals surface area contributed by atoms with Crippen LogP contribution >= 0.6 is 0 Å². The monoisotopic (exact) mass is 741 g/mol. The van der Waals surface area contributed by atoms with Crippen molar-refractivity contribution in [2.24, 2.45) is 0 Å². The number of benzene rings is 7. The number of rotatable bonds is 4. The molecule has 1 aliphatic heterocycles. The number of hydrogen-bond donors (Lipinski definition) is 0. The number of ketones is 1. The molecule has 7 aromatic rings. The minimum Gasteiger partial charge on any atom is -0.310 e. The second-order valence-corrected chi connectivity index (χ2v) is 18.6. The number of carbonyl (C=O) groups is 1. The zero-order valence-electron chi connectivity index (χ0n) is 34.4. The molecule has 0 N–H and O–H groups in total. The van der Waals surface area contributed by atoms with Gasteiger partial charge in [-0.1, -0.05) is 189 Å². The van der Waals surface area contributed by atoms with Crippen molar-refractivity contribution >= 4 is 22.8 Å². The lowest BCUT2D eigenvalue weighted by molar-refractivity contribution is 0.103. The SMILES string of the molecule is CC(C)(C)c1ccc2c(c1)C(C)(C)c1cc(C(C)(C)C)ccc1N2c1cccc(-c2ccc3c(c2)C(c2ccccc2)(c2ccccc2)c2ccccc2C3=O)c1. The summed E-state index contributed by atoms with van der Waals surface area (Å²) in [5, 5.41) is 0. The summed E-state index contributed by atoms with van der Waals surface area (Å²) in [5.41, 5.74) is 16.0. The van der Waals surface area contributed by atoms with Crippen molar-refractivity contribution in [1.82, 2.24) is 0 Å². The number of hydrogen-bond acceptors (Lipinski definition) is 2. The van der Waals surface area contributed by atoms with Crippen molar-refractivity contribution in [3.05, 3.63) is 219 Å². The molecule has 0 saturated heterocycles. The van der Waals surface area contributed by atoms with Crippen LogP contribution in [0.15, 0.2) is 164 Å². The van der Waals surface area contributed by atoms with E-state index in [2.05, 4.69) is 212 Å². The fourth-order valence-corrected chi connectivity index (χ4v) is 9.47. The van der Waals surface area contributed by atoms with Gasteiger partial charge in [0.2, 0.25) is 0 Å². The predicted molar refractivity (Wildman–Crippen MR) is 238 cm³/mol. The van der Waals surface area contributed by atoms with Gasteiger partial charge < -0.3 is 4.90 Å². The van der Waals surface area contributed by atoms with Crippen molar-refractivity contribution in [1.29, 1.82) is 0 Å². The molecule has 2 heteroatoms. The van der Waals surface area contributed by atoms with Crippen LogP contribution in [0.3, 0.4) is 0 Å². The van der Waals surface area contributed by atoms with E-state index in [4.69, 9.17) is 0 Å². The molecule has 1 aliphatic carbocycles. The lowest BCUT2D eigenvalue weighted by atomic mass is 9.59. The molecule has 0 atom stereocenters. The van der Waals surface area contributed by atoms with Gasteiger partial charge in [-0.3, -0.25) is 4.79 Å². The van der Waals surface area contributed by atoms with Gasteiger partial charge >= 0.3 is 0 Å². The van der Waals surface area contributed by atoms with Crippen LogP contribution in [0.1, 0.15) is 116 Å². The number of anilines is 3. The maximum atomic E-state index is 14.4. The second-order valence-electron chi connectivity index (χ2n) is 18.6. The zero-order chi connectivity index (χ0) is 39.9. The molecule has 9 rings (SSSR count). The summed E-state index contributed by atoms with van der Waals surface area (Å²) >= 11 is 0. The van der Waals surface area contributed by atoms with E-state index in [1.54, 1.807) is 0 Å². The van der Waals surface area contributed by atoms with Gasteiger partial charge in [-0.05, 0) is 96.8 Å². The Morgan fingerprint density at radius 1 is 0.439 bits per heavy atom. The summed E-state index contributed by atoms with van der Waals surface area (Å²) in [6.45, 7) is 18.6. The molecule has 0 unspecified atom stereocenters. The van der Waals surface area contributed by atoms with Gasteiger partial charge in [0.1, 0.15) is 0 Å². The summed E-state index contributed by atoms with van der Waals surface area (Å²) in [7, 11) is 0. The maximum Gasteiger partial charge on any atom is 0.193 e. The molecule has 2 nitrogen and oxygen atoms in total. The van der Waals surface area contributed by atoms with Gasteiger partial charge in [-0.25, -0.2) is 0 Å². The quantitative estimate of drug-likeness (QED) is 0.179. The van der Waals surface area contributed by atoms with Crippen LogP contribution in [0.25, 0.3) is 11.1 Å². The highest BCUT2D eigenvalue weighted by Crippen LogP contribution is 2.55. The summed E-state index contributed by atoms with van der Waals surface area (Å²) in [6.07, 6.45) is 0. The van der Waals surface area contributed by atoms with E-state index >= 15 is 0 Å². The van der Waals surface area contributed by atoms with Gasteiger partial charge in [-0.2, -0.15) is 0 Å². The summed E-state index contributed by atoms with van der Waals surface area (Å²) in [6, 6.07) is 59.2. The Labute approximate surface area is 338 Å². The third-order valence-electron chi connectivity index (χ3n) is 12.6. The smallest absolute Gasteiger partial charge is 0.193 e. The van der Waals surface area contributed by atoms with E-state index in [0.717, 1.165) is 50.2 Å². The summed E-state index contributed by atoms with van der Waals surface area (Å²) in [5.74, 6) is 0.0665. The molecule has 282 valence electrons. The molecule has 0 bridgehead atoms. The van der Waals surface area contributed by atoms with Crippen LogP contribution in [0.4, 0.5) is 17.1 Å². The molecule has 0 amide bonds. The lowest BCUT2D eigenvalue weighted by Crippen LogP contribution is -2.38. The minimum atomic E-state index is -0.693. The Kier molecular flexibility index (Phi) is 8.38. The third kappa shape index (κ3) is 5.72. The first-order chi connectivity index (χ1) is 27.2. The van der Waals surface area contributed by atoms with E-state index in [0.29, 0.717) is 0 Å². The van der Waals surface area contributed by atoms with Gasteiger partial charge in [0.15, 0.2) is 5.78 Å². The first-order valence-corrected chi connectivity index (χ1v) is 20.3. The summed E-state index contributed by atoms with van der Waals surface area (Å²) < 4.78 is 0. The Bertz CT molecular complexity index is 2580. The van der Waals surface area contributed by atoms with Gasteiger partial charge in [0.05, 0.1) is 16.8 Å². The molecule has 0 fully saturated rings. The highest BCUT2D eigenvalue weighted by molar-refractivity contribution is 6.14. The Hall–Kier alpha value is -5.99. The predicted octanol–water partition coefficient (Wildman–Crippen LogP) is 14.0. The highest BCUT2D eigenvalue weighted by Gasteiger charge is 2.46. The van der Waals surface area contributed by atoms with E-state index < -0.39 is 5.41 Å². The standard InChI is InChI=1S/C55H51NO/c1-52(2,3)40-27-30-49-47(34-40)54(7,8)48-35-41(53(4,5)6)28-31-50(48)56(49)42-23-17-18-36(32-42)37-26-29-44-46(33-37)55(38-19-11-9-12-20-38,39-21-13-10-14-22-39)45-25-16-15-24-43(45)51(44)57/h9-35H,1-8H3. The Morgan fingerprint density at radius 3 is 1.51 bits per heavy atom. The summed E-state index contributed by atoms with van der Waals surface area (Å²) in [4.78, 5) is 16.9. The largest absolute Gasteiger partial charge is 0.310 e. The maximum absolute atomic E-state index is 14.4. The van der Waals surface area contributed by atoms with Crippen molar-refractivity contribution in [2.75, 3.05) is 4.90 Å². The molecule has 0 aromatic heterocycles. The molecule has 2 aliphatic rings. The van der Waals surface area contributed by atoms with Crippen LogP contribution in [0.5, 0.6) is 0 Å². The molecule has 0 spiro atoms. The van der Waals surface area contributed by atoms with E-state index in [9.17, 15) is 4.79 Å². The molecular weight excluding hydrogens is 691 g/mol. The second kappa shape index (κ2) is 13.0. The highest BCUT2D eigenvalue weighted by atomic mass is 16.1. The van der Waals surface area contributed by atoms with Gasteiger partial charge in [0, 0.05) is 22.2 Å². The molecule has 57 heavy (non-hydrogen) atoms. The van der Waals surface area contributed by atoms with Crippen LogP contribution in [0, 0.1) is 0 Å². The van der Waals surface area contributed by atoms with Crippen LogP contribution in [-0.2, 0) is 21.7 Å². The number of fused-ring (bicyclic) bond motifs is 4. The van der Waals surface area contributed by atoms with Crippen molar-refractivity contribution in [3.8, 4) is 11.1 Å². The van der Waals surface area contributed by atoms with E-state index in [1.807, 2.05) is 12.1 Å². The van der Waals surface area contributed by atoms with Gasteiger partial charge in [0.25, 0.3) is 0 Å². The molecule has 7 aromatic carbocycles. The minimum absolute atomic E-state index is 0.0203. The van der Waals surface area contributed by atoms with E-state index in [-0.39, 0.29) is 22.0 Å². The zero-order valence-corrected chi connectivity index (χ0v) is 34.4. The fourth-order valence-electron chi connectivity index (χ4n) is 9.47. The molecule has 0 saturated carbocycles. The Morgan fingerprint density at radius 2 is 0.947 bits per heavy atom. The molecule has 0 radical (unpaired) electrons.